The van der Waals surface area contributed by atoms with Crippen molar-refractivity contribution in [1.29, 1.82) is 0 Å². The van der Waals surface area contributed by atoms with Gasteiger partial charge in [0.1, 0.15) is 5.52 Å². The Labute approximate surface area is 332 Å². The molecule has 10 aromatic rings. The van der Waals surface area contributed by atoms with Crippen LogP contribution >= 0.6 is 0 Å². The molecule has 1 aliphatic rings. The van der Waals surface area contributed by atoms with Gasteiger partial charge < -0.3 is 9.32 Å². The van der Waals surface area contributed by atoms with Crippen LogP contribution in [0, 0.1) is 0 Å². The molecule has 1 heterocycles. The highest BCUT2D eigenvalue weighted by Crippen LogP contribution is 2.51. The first kappa shape index (κ1) is 33.1. The second kappa shape index (κ2) is 12.9. The van der Waals surface area contributed by atoms with Crippen LogP contribution in [0.15, 0.2) is 199 Å². The molecule has 0 saturated carbocycles. The molecule has 57 heavy (non-hydrogen) atoms. The lowest BCUT2D eigenvalue weighted by molar-refractivity contribution is 0.623. The Kier molecular flexibility index (Phi) is 7.52. The zero-order valence-corrected chi connectivity index (χ0v) is 31.8. The molecule has 0 amide bonds. The second-order valence-electron chi connectivity index (χ2n) is 15.6. The molecule has 9 aromatic carbocycles. The SMILES string of the molecule is CC1(C)c2ccccc2-c2ccc(N(c3ccc(-c4ccccc4)cc3)c3ccc(-c4ccc5c6ccccc6c6oc(-c7ccccc7)nc6c5c4)cc3)cc21. The van der Waals surface area contributed by atoms with Gasteiger partial charge in [-0.05, 0) is 110 Å². The van der Waals surface area contributed by atoms with Crippen molar-refractivity contribution in [2.75, 3.05) is 4.90 Å². The van der Waals surface area contributed by atoms with Crippen LogP contribution < -0.4 is 4.90 Å². The van der Waals surface area contributed by atoms with Crippen molar-refractivity contribution < 1.29 is 4.42 Å². The average Bonchev–Trinajstić information content (AvgIpc) is 3.83. The number of hydrogen-bond donors (Lipinski definition) is 0. The van der Waals surface area contributed by atoms with Crippen molar-refractivity contribution in [3.8, 4) is 44.8 Å². The summed E-state index contributed by atoms with van der Waals surface area (Å²) in [7, 11) is 0. The predicted molar refractivity (Wildman–Crippen MR) is 238 cm³/mol. The number of anilines is 3. The van der Waals surface area contributed by atoms with E-state index >= 15 is 0 Å². The fraction of sp³-hybridized carbons (Fsp3) is 0.0556. The van der Waals surface area contributed by atoms with Gasteiger partial charge in [-0.1, -0.05) is 153 Å². The van der Waals surface area contributed by atoms with Gasteiger partial charge in [0.15, 0.2) is 5.58 Å². The lowest BCUT2D eigenvalue weighted by atomic mass is 9.82. The molecular formula is C54H38N2O. The Balaban J connectivity index is 1.02. The molecule has 0 unspecified atom stereocenters. The van der Waals surface area contributed by atoms with Crippen LogP contribution in [-0.4, -0.2) is 4.98 Å². The van der Waals surface area contributed by atoms with E-state index in [1.165, 1.54) is 33.4 Å². The molecule has 0 atom stereocenters. The minimum Gasteiger partial charge on any atom is -0.435 e. The van der Waals surface area contributed by atoms with Gasteiger partial charge in [-0.3, -0.25) is 0 Å². The van der Waals surface area contributed by atoms with Crippen LogP contribution in [0.4, 0.5) is 17.1 Å². The zero-order chi connectivity index (χ0) is 38.1. The Morgan fingerprint density at radius 2 is 0.930 bits per heavy atom. The number of nitrogens with zero attached hydrogens (tertiary/aromatic N) is 2. The van der Waals surface area contributed by atoms with Crippen LogP contribution in [0.3, 0.4) is 0 Å². The topological polar surface area (TPSA) is 29.3 Å². The third-order valence-electron chi connectivity index (χ3n) is 11.9. The average molecular weight is 731 g/mol. The van der Waals surface area contributed by atoms with E-state index in [0.29, 0.717) is 5.89 Å². The van der Waals surface area contributed by atoms with Crippen LogP contribution in [0.1, 0.15) is 25.0 Å². The summed E-state index contributed by atoms with van der Waals surface area (Å²) in [6.07, 6.45) is 0. The molecule has 0 fully saturated rings. The van der Waals surface area contributed by atoms with Crippen molar-refractivity contribution in [1.82, 2.24) is 4.98 Å². The summed E-state index contributed by atoms with van der Waals surface area (Å²) in [6.45, 7) is 4.69. The summed E-state index contributed by atoms with van der Waals surface area (Å²) >= 11 is 0. The number of oxazole rings is 1. The van der Waals surface area contributed by atoms with Crippen LogP contribution in [0.2, 0.25) is 0 Å². The number of rotatable bonds is 6. The second-order valence-corrected chi connectivity index (χ2v) is 15.6. The molecule has 0 spiro atoms. The molecule has 0 N–H and O–H groups in total. The highest BCUT2D eigenvalue weighted by atomic mass is 16.3. The molecule has 0 bridgehead atoms. The molecule has 3 nitrogen and oxygen atoms in total. The van der Waals surface area contributed by atoms with Gasteiger partial charge in [0.05, 0.1) is 0 Å². The van der Waals surface area contributed by atoms with Crippen molar-refractivity contribution >= 4 is 49.7 Å². The molecule has 1 aliphatic carbocycles. The number of benzene rings is 9. The third-order valence-corrected chi connectivity index (χ3v) is 11.9. The van der Waals surface area contributed by atoms with E-state index in [1.54, 1.807) is 0 Å². The van der Waals surface area contributed by atoms with Crippen LogP contribution in [0.5, 0.6) is 0 Å². The Morgan fingerprint density at radius 3 is 1.65 bits per heavy atom. The standard InChI is InChI=1S/C54H38N2O/c1-54(2)49-20-12-11-18-45(49)46-32-30-42(34-50(46)54)56(40-26-21-36(22-27-40)35-13-5-3-6-14-35)41-28-23-37(24-29-41)39-25-31-44-43-17-9-10-19-47(43)52-51(48(44)33-39)55-53(57-52)38-15-7-4-8-16-38/h3-34H,1-2H3. The number of hydrogen-bond acceptors (Lipinski definition) is 3. The maximum atomic E-state index is 6.52. The maximum absolute atomic E-state index is 6.52. The molecule has 0 saturated heterocycles. The van der Waals surface area contributed by atoms with Gasteiger partial charge in [0.2, 0.25) is 5.89 Å². The summed E-state index contributed by atoms with van der Waals surface area (Å²) < 4.78 is 6.52. The van der Waals surface area contributed by atoms with Crippen molar-refractivity contribution in [2.24, 2.45) is 0 Å². The van der Waals surface area contributed by atoms with Gasteiger partial charge in [-0.2, -0.15) is 0 Å². The van der Waals surface area contributed by atoms with Crippen molar-refractivity contribution in [3.63, 3.8) is 0 Å². The van der Waals surface area contributed by atoms with Crippen LogP contribution in [0.25, 0.3) is 77.5 Å². The Bertz CT molecular complexity index is 3120. The summed E-state index contributed by atoms with van der Waals surface area (Å²) in [5.74, 6) is 0.633. The first-order chi connectivity index (χ1) is 28.0. The molecular weight excluding hydrogens is 693 g/mol. The predicted octanol–water partition coefficient (Wildman–Crippen LogP) is 14.9. The molecule has 270 valence electrons. The van der Waals surface area contributed by atoms with E-state index in [0.717, 1.165) is 66.4 Å². The van der Waals surface area contributed by atoms with E-state index in [4.69, 9.17) is 9.40 Å². The maximum Gasteiger partial charge on any atom is 0.227 e. The van der Waals surface area contributed by atoms with Gasteiger partial charge in [0.25, 0.3) is 0 Å². The quantitative estimate of drug-likeness (QED) is 0.160. The largest absolute Gasteiger partial charge is 0.435 e. The fourth-order valence-corrected chi connectivity index (χ4v) is 8.98. The van der Waals surface area contributed by atoms with Gasteiger partial charge in [-0.25, -0.2) is 4.98 Å². The monoisotopic (exact) mass is 730 g/mol. The fourth-order valence-electron chi connectivity index (χ4n) is 8.98. The van der Waals surface area contributed by atoms with E-state index in [1.807, 2.05) is 30.3 Å². The number of aromatic nitrogens is 1. The summed E-state index contributed by atoms with van der Waals surface area (Å²) in [5, 5.41) is 4.48. The first-order valence-corrected chi connectivity index (χ1v) is 19.6. The third kappa shape index (κ3) is 5.38. The highest BCUT2D eigenvalue weighted by Gasteiger charge is 2.35. The number of fused-ring (bicyclic) bond motifs is 9. The molecule has 11 rings (SSSR count). The zero-order valence-electron chi connectivity index (χ0n) is 31.8. The molecule has 0 radical (unpaired) electrons. The van der Waals surface area contributed by atoms with E-state index < -0.39 is 0 Å². The van der Waals surface area contributed by atoms with E-state index in [9.17, 15) is 0 Å². The smallest absolute Gasteiger partial charge is 0.227 e. The van der Waals surface area contributed by atoms with Gasteiger partial charge >= 0.3 is 0 Å². The molecule has 3 heteroatoms. The summed E-state index contributed by atoms with van der Waals surface area (Å²) in [4.78, 5) is 7.48. The van der Waals surface area contributed by atoms with E-state index in [2.05, 4.69) is 183 Å². The Hall–Kier alpha value is -7.23. The van der Waals surface area contributed by atoms with Gasteiger partial charge in [-0.15, -0.1) is 0 Å². The minimum absolute atomic E-state index is 0.104. The summed E-state index contributed by atoms with van der Waals surface area (Å²) in [6, 6.07) is 69.7. The lowest BCUT2D eigenvalue weighted by Gasteiger charge is -2.28. The summed E-state index contributed by atoms with van der Waals surface area (Å²) in [5.41, 5.74) is 15.9. The minimum atomic E-state index is -0.104. The normalized spacial score (nSPS) is 12.9. The van der Waals surface area contributed by atoms with Crippen molar-refractivity contribution in [2.45, 2.75) is 19.3 Å². The molecule has 0 aliphatic heterocycles. The Morgan fingerprint density at radius 1 is 0.404 bits per heavy atom. The lowest BCUT2D eigenvalue weighted by Crippen LogP contribution is -2.16. The van der Waals surface area contributed by atoms with Crippen LogP contribution in [-0.2, 0) is 5.41 Å². The van der Waals surface area contributed by atoms with Gasteiger partial charge in [0, 0.05) is 38.8 Å². The van der Waals surface area contributed by atoms with Crippen molar-refractivity contribution in [3.05, 3.63) is 205 Å². The first-order valence-electron chi connectivity index (χ1n) is 19.6. The highest BCUT2D eigenvalue weighted by molar-refractivity contribution is 6.23. The molecule has 1 aromatic heterocycles. The van der Waals surface area contributed by atoms with E-state index in [-0.39, 0.29) is 5.41 Å².